The summed E-state index contributed by atoms with van der Waals surface area (Å²) < 4.78 is 18.0. The summed E-state index contributed by atoms with van der Waals surface area (Å²) >= 11 is 0. The van der Waals surface area contributed by atoms with Crippen LogP contribution in [0.3, 0.4) is 0 Å². The molecule has 0 bridgehead atoms. The van der Waals surface area contributed by atoms with Crippen molar-refractivity contribution in [1.82, 2.24) is 0 Å². The van der Waals surface area contributed by atoms with Crippen molar-refractivity contribution < 1.29 is 19.0 Å². The summed E-state index contributed by atoms with van der Waals surface area (Å²) in [4.78, 5) is 11.4. The SMILES string of the molecule is Nc1ccc(F)c(C(=O)OCCCCO)c1. The van der Waals surface area contributed by atoms with Crippen molar-refractivity contribution >= 4 is 11.7 Å². The van der Waals surface area contributed by atoms with Crippen molar-refractivity contribution in [2.75, 3.05) is 18.9 Å². The molecule has 0 aliphatic carbocycles. The van der Waals surface area contributed by atoms with Crippen LogP contribution in [-0.2, 0) is 4.74 Å². The summed E-state index contributed by atoms with van der Waals surface area (Å²) in [5, 5.41) is 8.51. The van der Waals surface area contributed by atoms with Crippen molar-refractivity contribution in [1.29, 1.82) is 0 Å². The summed E-state index contributed by atoms with van der Waals surface area (Å²) in [6, 6.07) is 3.74. The lowest BCUT2D eigenvalue weighted by Gasteiger charge is -2.05. The number of carbonyl (C=O) groups excluding carboxylic acids is 1. The van der Waals surface area contributed by atoms with Crippen LogP contribution in [0.1, 0.15) is 23.2 Å². The molecular weight excluding hydrogens is 213 g/mol. The van der Waals surface area contributed by atoms with Crippen molar-refractivity contribution in [2.45, 2.75) is 12.8 Å². The first kappa shape index (κ1) is 12.4. The number of esters is 1. The standard InChI is InChI=1S/C11H14FNO3/c12-10-4-3-8(13)7-9(10)11(15)16-6-2-1-5-14/h3-4,7,14H,1-2,5-6,13H2. The van der Waals surface area contributed by atoms with E-state index < -0.39 is 11.8 Å². The van der Waals surface area contributed by atoms with Crippen molar-refractivity contribution in [3.05, 3.63) is 29.6 Å². The van der Waals surface area contributed by atoms with Gasteiger partial charge in [-0.25, -0.2) is 9.18 Å². The molecule has 3 N–H and O–H groups in total. The molecule has 0 aliphatic heterocycles. The Balaban J connectivity index is 2.55. The number of carbonyl (C=O) groups is 1. The first-order valence-electron chi connectivity index (χ1n) is 4.98. The van der Waals surface area contributed by atoms with Gasteiger partial charge in [0.15, 0.2) is 0 Å². The number of unbranched alkanes of at least 4 members (excludes halogenated alkanes) is 1. The third-order valence-corrected chi connectivity index (χ3v) is 2.00. The molecule has 0 saturated carbocycles. The van der Waals surface area contributed by atoms with Gasteiger partial charge in [-0.3, -0.25) is 0 Å². The summed E-state index contributed by atoms with van der Waals surface area (Å²) in [6.07, 6.45) is 1.10. The van der Waals surface area contributed by atoms with Crippen LogP contribution >= 0.6 is 0 Å². The van der Waals surface area contributed by atoms with Gasteiger partial charge in [-0.15, -0.1) is 0 Å². The van der Waals surface area contributed by atoms with Gasteiger partial charge in [-0.05, 0) is 31.0 Å². The fourth-order valence-corrected chi connectivity index (χ4v) is 1.16. The number of hydrogen-bond acceptors (Lipinski definition) is 4. The molecule has 1 aromatic rings. The van der Waals surface area contributed by atoms with Crippen LogP contribution in [0.15, 0.2) is 18.2 Å². The second-order valence-corrected chi connectivity index (χ2v) is 3.31. The Morgan fingerprint density at radius 2 is 2.19 bits per heavy atom. The number of benzene rings is 1. The normalized spacial score (nSPS) is 10.1. The lowest BCUT2D eigenvalue weighted by molar-refractivity contribution is 0.0487. The topological polar surface area (TPSA) is 72.6 Å². The minimum atomic E-state index is -0.734. The van der Waals surface area contributed by atoms with Gasteiger partial charge < -0.3 is 15.6 Å². The van der Waals surface area contributed by atoms with E-state index in [9.17, 15) is 9.18 Å². The Hall–Kier alpha value is -1.62. The zero-order valence-electron chi connectivity index (χ0n) is 8.78. The smallest absolute Gasteiger partial charge is 0.341 e. The Morgan fingerprint density at radius 1 is 1.44 bits per heavy atom. The fraction of sp³-hybridized carbons (Fsp3) is 0.364. The van der Waals surface area contributed by atoms with E-state index in [1.54, 1.807) is 0 Å². The first-order chi connectivity index (χ1) is 7.65. The molecule has 0 spiro atoms. The number of rotatable bonds is 5. The molecule has 0 fully saturated rings. The zero-order valence-corrected chi connectivity index (χ0v) is 8.78. The van der Waals surface area contributed by atoms with Crippen LogP contribution in [-0.4, -0.2) is 24.3 Å². The van der Waals surface area contributed by atoms with E-state index in [0.717, 1.165) is 6.07 Å². The molecule has 5 heteroatoms. The van der Waals surface area contributed by atoms with E-state index in [1.807, 2.05) is 0 Å². The summed E-state index contributed by atoms with van der Waals surface area (Å²) in [5.74, 6) is -1.39. The van der Waals surface area contributed by atoms with Crippen LogP contribution in [0.5, 0.6) is 0 Å². The number of hydrogen-bond donors (Lipinski definition) is 2. The molecule has 88 valence electrons. The highest BCUT2D eigenvalue weighted by atomic mass is 19.1. The third kappa shape index (κ3) is 3.51. The van der Waals surface area contributed by atoms with Crippen molar-refractivity contribution in [3.8, 4) is 0 Å². The van der Waals surface area contributed by atoms with Gasteiger partial charge in [0.05, 0.1) is 12.2 Å². The van der Waals surface area contributed by atoms with Crippen molar-refractivity contribution in [3.63, 3.8) is 0 Å². The Kier molecular flexibility index (Phi) is 4.72. The first-order valence-corrected chi connectivity index (χ1v) is 4.98. The highest BCUT2D eigenvalue weighted by Crippen LogP contribution is 2.13. The van der Waals surface area contributed by atoms with Crippen LogP contribution in [0.4, 0.5) is 10.1 Å². The number of nitrogen functional groups attached to an aromatic ring is 1. The number of ether oxygens (including phenoxy) is 1. The lowest BCUT2D eigenvalue weighted by atomic mass is 10.2. The number of aliphatic hydroxyl groups excluding tert-OH is 1. The van der Waals surface area contributed by atoms with Gasteiger partial charge in [-0.1, -0.05) is 0 Å². The Labute approximate surface area is 92.8 Å². The molecule has 0 atom stereocenters. The van der Waals surface area contributed by atoms with Gasteiger partial charge in [0.1, 0.15) is 5.82 Å². The predicted molar refractivity (Wildman–Crippen MR) is 57.4 cm³/mol. The third-order valence-electron chi connectivity index (χ3n) is 2.00. The Morgan fingerprint density at radius 3 is 2.88 bits per heavy atom. The maximum atomic E-state index is 13.2. The number of halogens is 1. The largest absolute Gasteiger partial charge is 0.462 e. The molecule has 4 nitrogen and oxygen atoms in total. The average Bonchev–Trinajstić information content (AvgIpc) is 2.27. The van der Waals surface area contributed by atoms with Crippen LogP contribution in [0.2, 0.25) is 0 Å². The second-order valence-electron chi connectivity index (χ2n) is 3.31. The van der Waals surface area contributed by atoms with E-state index in [4.69, 9.17) is 15.6 Å². The van der Waals surface area contributed by atoms with Gasteiger partial charge >= 0.3 is 5.97 Å². The van der Waals surface area contributed by atoms with Crippen molar-refractivity contribution in [2.24, 2.45) is 0 Å². The summed E-state index contributed by atoms with van der Waals surface area (Å²) in [7, 11) is 0. The molecule has 0 unspecified atom stereocenters. The summed E-state index contributed by atoms with van der Waals surface area (Å²) in [5.41, 5.74) is 5.58. The molecule has 1 aromatic carbocycles. The average molecular weight is 227 g/mol. The maximum Gasteiger partial charge on any atom is 0.341 e. The minimum absolute atomic E-state index is 0.0458. The van der Waals surface area contributed by atoms with E-state index in [2.05, 4.69) is 0 Å². The van der Waals surface area contributed by atoms with Gasteiger partial charge in [0.25, 0.3) is 0 Å². The monoisotopic (exact) mass is 227 g/mol. The maximum absolute atomic E-state index is 13.2. The summed E-state index contributed by atoms with van der Waals surface area (Å²) in [6.45, 7) is 0.206. The quantitative estimate of drug-likeness (QED) is 0.452. The van der Waals surface area contributed by atoms with Crippen LogP contribution < -0.4 is 5.73 Å². The molecule has 1 rings (SSSR count). The predicted octanol–water partition coefficient (Wildman–Crippen LogP) is 1.34. The van der Waals surface area contributed by atoms with Crippen LogP contribution in [0, 0.1) is 5.82 Å². The molecule has 0 amide bonds. The lowest BCUT2D eigenvalue weighted by Crippen LogP contribution is -2.09. The number of anilines is 1. The number of aliphatic hydroxyl groups is 1. The molecule has 0 aliphatic rings. The highest BCUT2D eigenvalue weighted by molar-refractivity contribution is 5.90. The Bertz CT molecular complexity index is 368. The molecular formula is C11H14FNO3. The molecule has 16 heavy (non-hydrogen) atoms. The minimum Gasteiger partial charge on any atom is -0.462 e. The van der Waals surface area contributed by atoms with Gasteiger partial charge in [-0.2, -0.15) is 0 Å². The van der Waals surface area contributed by atoms with Gasteiger partial charge in [0.2, 0.25) is 0 Å². The zero-order chi connectivity index (χ0) is 12.0. The highest BCUT2D eigenvalue weighted by Gasteiger charge is 2.12. The van der Waals surface area contributed by atoms with E-state index in [1.165, 1.54) is 12.1 Å². The molecule has 0 radical (unpaired) electrons. The van der Waals surface area contributed by atoms with Gasteiger partial charge in [0, 0.05) is 12.3 Å². The molecule has 0 heterocycles. The molecule has 0 saturated heterocycles. The van der Waals surface area contributed by atoms with Crippen LogP contribution in [0.25, 0.3) is 0 Å². The molecule has 0 aromatic heterocycles. The fourth-order valence-electron chi connectivity index (χ4n) is 1.16. The van der Waals surface area contributed by atoms with E-state index in [0.29, 0.717) is 18.5 Å². The van der Waals surface area contributed by atoms with E-state index in [-0.39, 0.29) is 18.8 Å². The van der Waals surface area contributed by atoms with E-state index >= 15 is 0 Å². The number of nitrogens with two attached hydrogens (primary N) is 1. The second kappa shape index (κ2) is 6.07.